The molecule has 0 aromatic carbocycles. The molecule has 2 N–H and O–H groups in total. The van der Waals surface area contributed by atoms with Gasteiger partial charge in [0.1, 0.15) is 0 Å². The minimum atomic E-state index is -4.06. The first-order valence-electron chi connectivity index (χ1n) is 6.47. The average molecular weight is 306 g/mol. The van der Waals surface area contributed by atoms with Crippen LogP contribution in [-0.4, -0.2) is 48.1 Å². The Hall–Kier alpha value is -1.35. The van der Waals surface area contributed by atoms with Crippen LogP contribution >= 0.6 is 0 Å². The van der Waals surface area contributed by atoms with Gasteiger partial charge in [0, 0.05) is 12.1 Å². The number of fused-ring (bicyclic) bond motifs is 2. The topological polar surface area (TPSA) is 113 Å². The summed E-state index contributed by atoms with van der Waals surface area (Å²) in [4.78, 5) is 22.5. The number of aliphatic carboxylic acids is 1. The summed E-state index contributed by atoms with van der Waals surface area (Å²) in [5.74, 6) is -1.70. The van der Waals surface area contributed by atoms with Gasteiger partial charge < -0.3 is 9.84 Å². The van der Waals surface area contributed by atoms with Crippen LogP contribution < -0.4 is 4.72 Å². The first kappa shape index (κ1) is 15.0. The molecule has 114 valence electrons. The Labute approximate surface area is 117 Å². The van der Waals surface area contributed by atoms with Gasteiger partial charge in [-0.15, -0.1) is 0 Å². The van der Waals surface area contributed by atoms with Crippen molar-refractivity contribution in [2.24, 2.45) is 5.92 Å². The van der Waals surface area contributed by atoms with Gasteiger partial charge >= 0.3 is 22.3 Å². The van der Waals surface area contributed by atoms with Crippen molar-refractivity contribution < 1.29 is 27.9 Å². The molecule has 0 aromatic heterocycles. The highest BCUT2D eigenvalue weighted by atomic mass is 32.2. The monoisotopic (exact) mass is 306 g/mol. The minimum absolute atomic E-state index is 0.292. The second-order valence-electron chi connectivity index (χ2n) is 5.37. The van der Waals surface area contributed by atoms with Crippen molar-refractivity contribution in [2.45, 2.75) is 51.3 Å². The van der Waals surface area contributed by atoms with E-state index in [1.807, 2.05) is 4.72 Å². The molecule has 2 fully saturated rings. The van der Waals surface area contributed by atoms with Gasteiger partial charge in [-0.3, -0.25) is 4.79 Å². The summed E-state index contributed by atoms with van der Waals surface area (Å²) in [6, 6.07) is -0.938. The fourth-order valence-corrected chi connectivity index (χ4v) is 4.53. The molecule has 0 saturated carbocycles. The molecule has 0 spiro atoms. The number of amides is 1. The van der Waals surface area contributed by atoms with Crippen molar-refractivity contribution in [1.29, 1.82) is 0 Å². The molecule has 3 unspecified atom stereocenters. The molecule has 0 aliphatic carbocycles. The number of nitrogens with zero attached hydrogens (tertiary/aromatic N) is 1. The lowest BCUT2D eigenvalue weighted by Gasteiger charge is -2.22. The van der Waals surface area contributed by atoms with Gasteiger partial charge in [0.25, 0.3) is 0 Å². The first-order valence-corrected chi connectivity index (χ1v) is 7.91. The Bertz CT molecular complexity index is 517. The van der Waals surface area contributed by atoms with Crippen molar-refractivity contribution in [3.05, 3.63) is 0 Å². The second-order valence-corrected chi connectivity index (χ2v) is 6.95. The van der Waals surface area contributed by atoms with Crippen molar-refractivity contribution in [1.82, 2.24) is 9.03 Å². The van der Waals surface area contributed by atoms with Crippen molar-refractivity contribution in [3.8, 4) is 0 Å². The third-order valence-electron chi connectivity index (χ3n) is 3.62. The van der Waals surface area contributed by atoms with Gasteiger partial charge in [-0.1, -0.05) is 0 Å². The molecule has 2 bridgehead atoms. The number of carbonyl (C=O) groups is 2. The molecule has 2 aliphatic heterocycles. The molecule has 2 saturated heterocycles. The van der Waals surface area contributed by atoms with Gasteiger partial charge in [-0.05, 0) is 33.1 Å². The van der Waals surface area contributed by atoms with E-state index in [1.165, 1.54) is 0 Å². The van der Waals surface area contributed by atoms with Crippen molar-refractivity contribution in [2.75, 3.05) is 0 Å². The smallest absolute Gasteiger partial charge is 0.422 e. The van der Waals surface area contributed by atoms with E-state index >= 15 is 0 Å². The average Bonchev–Trinajstić information content (AvgIpc) is 2.83. The second kappa shape index (κ2) is 5.21. The third-order valence-corrected chi connectivity index (χ3v) is 5.17. The Balaban J connectivity index is 2.11. The molecule has 2 aliphatic rings. The van der Waals surface area contributed by atoms with E-state index in [0.717, 1.165) is 4.31 Å². The molecule has 9 heteroatoms. The van der Waals surface area contributed by atoms with Crippen LogP contribution in [0.1, 0.15) is 33.1 Å². The minimum Gasteiger partial charge on any atom is -0.481 e. The lowest BCUT2D eigenvalue weighted by Crippen LogP contribution is -2.47. The molecule has 0 aromatic rings. The van der Waals surface area contributed by atoms with Crippen LogP contribution in [-0.2, 0) is 19.7 Å². The molecule has 2 rings (SSSR count). The van der Waals surface area contributed by atoms with Crippen LogP contribution in [0.25, 0.3) is 0 Å². The van der Waals surface area contributed by atoms with Gasteiger partial charge in [-0.25, -0.2) is 9.52 Å². The Morgan fingerprint density at radius 3 is 2.50 bits per heavy atom. The quantitative estimate of drug-likeness (QED) is 0.772. The molecule has 8 nitrogen and oxygen atoms in total. The van der Waals surface area contributed by atoms with Gasteiger partial charge in [0.15, 0.2) is 0 Å². The van der Waals surface area contributed by atoms with Crippen molar-refractivity contribution >= 4 is 22.3 Å². The first-order chi connectivity index (χ1) is 9.22. The van der Waals surface area contributed by atoms with E-state index in [4.69, 9.17) is 9.84 Å². The number of hydrogen-bond acceptors (Lipinski definition) is 5. The largest absolute Gasteiger partial charge is 0.481 e. The number of hydrogen-bond donors (Lipinski definition) is 2. The maximum atomic E-state index is 12.2. The summed E-state index contributed by atoms with van der Waals surface area (Å²) in [6.45, 7) is 3.21. The number of nitrogens with one attached hydrogen (secondary N) is 1. The summed E-state index contributed by atoms with van der Waals surface area (Å²) < 4.78 is 32.0. The zero-order valence-corrected chi connectivity index (χ0v) is 12.1. The SMILES string of the molecule is CC(C)OC(=O)NS(=O)(=O)N1C2CCC1C(C(=O)O)C2. The van der Waals surface area contributed by atoms with E-state index < -0.39 is 40.3 Å². The molecule has 20 heavy (non-hydrogen) atoms. The van der Waals surface area contributed by atoms with Crippen LogP contribution in [0.5, 0.6) is 0 Å². The summed E-state index contributed by atoms with van der Waals surface area (Å²) in [7, 11) is -4.06. The molecule has 2 heterocycles. The standard InChI is InChI=1S/C11H18N2O6S/c1-6(2)19-11(16)12-20(17,18)13-7-3-4-9(13)8(5-7)10(14)15/h6-9H,3-5H2,1-2H3,(H,12,16)(H,14,15). The zero-order chi connectivity index (χ0) is 15.1. The highest BCUT2D eigenvalue weighted by Crippen LogP contribution is 2.43. The van der Waals surface area contributed by atoms with E-state index in [-0.39, 0.29) is 6.04 Å². The Kier molecular flexibility index (Phi) is 3.92. The van der Waals surface area contributed by atoms with Crippen LogP contribution in [0, 0.1) is 5.92 Å². The van der Waals surface area contributed by atoms with Crippen LogP contribution in [0.3, 0.4) is 0 Å². The highest BCUT2D eigenvalue weighted by Gasteiger charge is 2.54. The number of ether oxygens (including phenoxy) is 1. The molecular formula is C11H18N2O6S. The fraction of sp³-hybridized carbons (Fsp3) is 0.818. The van der Waals surface area contributed by atoms with Crippen LogP contribution in [0.15, 0.2) is 0 Å². The Morgan fingerprint density at radius 2 is 2.00 bits per heavy atom. The van der Waals surface area contributed by atoms with Gasteiger partial charge in [-0.2, -0.15) is 12.7 Å². The summed E-state index contributed by atoms with van der Waals surface area (Å²) in [5.41, 5.74) is 0. The number of carboxylic acid groups (broad SMARTS) is 1. The summed E-state index contributed by atoms with van der Waals surface area (Å²) >= 11 is 0. The van der Waals surface area contributed by atoms with E-state index in [9.17, 15) is 18.0 Å². The number of carboxylic acids is 1. The van der Waals surface area contributed by atoms with Crippen LogP contribution in [0.2, 0.25) is 0 Å². The zero-order valence-electron chi connectivity index (χ0n) is 11.3. The molecule has 3 atom stereocenters. The third kappa shape index (κ3) is 2.73. The van der Waals surface area contributed by atoms with E-state index in [2.05, 4.69) is 0 Å². The predicted octanol–water partition coefficient (Wildman–Crippen LogP) is 0.303. The Morgan fingerprint density at radius 1 is 1.35 bits per heavy atom. The van der Waals surface area contributed by atoms with Crippen LogP contribution in [0.4, 0.5) is 4.79 Å². The maximum Gasteiger partial charge on any atom is 0.422 e. The maximum absolute atomic E-state index is 12.2. The molecule has 0 radical (unpaired) electrons. The summed E-state index contributed by atoms with van der Waals surface area (Å²) in [5, 5.41) is 9.09. The molecular weight excluding hydrogens is 288 g/mol. The summed E-state index contributed by atoms with van der Waals surface area (Å²) in [6.07, 6.45) is -0.0679. The normalized spacial score (nSPS) is 29.6. The van der Waals surface area contributed by atoms with Gasteiger partial charge in [0.2, 0.25) is 0 Å². The number of carbonyl (C=O) groups excluding carboxylic acids is 1. The highest BCUT2D eigenvalue weighted by molar-refractivity contribution is 7.87. The van der Waals surface area contributed by atoms with Crippen molar-refractivity contribution in [3.63, 3.8) is 0 Å². The van der Waals surface area contributed by atoms with E-state index in [1.54, 1.807) is 13.8 Å². The van der Waals surface area contributed by atoms with E-state index in [0.29, 0.717) is 19.3 Å². The predicted molar refractivity (Wildman–Crippen MR) is 68.1 cm³/mol. The fourth-order valence-electron chi connectivity index (χ4n) is 2.97. The lowest BCUT2D eigenvalue weighted by atomic mass is 9.89. The number of rotatable bonds is 4. The molecule has 1 amide bonds. The lowest BCUT2D eigenvalue weighted by molar-refractivity contribution is -0.142. The van der Waals surface area contributed by atoms with Gasteiger partial charge in [0.05, 0.1) is 12.0 Å².